The smallest absolute Gasteiger partial charge is 0.254 e. The summed E-state index contributed by atoms with van der Waals surface area (Å²) in [6, 6.07) is 0. The zero-order chi connectivity index (χ0) is 11.0. The van der Waals surface area contributed by atoms with E-state index in [1.807, 2.05) is 0 Å². The number of hydrogen-bond acceptors (Lipinski definition) is 5. The van der Waals surface area contributed by atoms with Gasteiger partial charge in [-0.3, -0.25) is 0 Å². The highest BCUT2D eigenvalue weighted by atomic mass is 32.2. The van der Waals surface area contributed by atoms with Gasteiger partial charge >= 0.3 is 0 Å². The van der Waals surface area contributed by atoms with Crippen molar-refractivity contribution in [2.24, 2.45) is 0 Å². The van der Waals surface area contributed by atoms with E-state index in [4.69, 9.17) is 0 Å². The van der Waals surface area contributed by atoms with Crippen LogP contribution in [0.5, 0.6) is 0 Å². The zero-order valence-electron chi connectivity index (χ0n) is 8.10. The molecule has 0 aliphatic rings. The highest BCUT2D eigenvalue weighted by Gasteiger charge is 2.26. The topological polar surface area (TPSA) is 79.3 Å². The van der Waals surface area contributed by atoms with Gasteiger partial charge < -0.3 is 5.11 Å². The molecule has 14 heavy (non-hydrogen) atoms. The number of aromatic nitrogens is 1. The molecular weight excluding hydrogens is 224 g/mol. The predicted octanol–water partition coefficient (Wildman–Crippen LogP) is 0.458. The van der Waals surface area contributed by atoms with Crippen LogP contribution in [-0.4, -0.2) is 24.2 Å². The van der Waals surface area contributed by atoms with Crippen LogP contribution in [0.2, 0.25) is 0 Å². The first-order valence-corrected chi connectivity index (χ1v) is 6.25. The van der Waals surface area contributed by atoms with Gasteiger partial charge in [0.25, 0.3) is 10.0 Å². The minimum atomic E-state index is -3.65. The van der Waals surface area contributed by atoms with Gasteiger partial charge in [-0.15, -0.1) is 11.3 Å². The number of rotatable bonds is 3. The first-order valence-electron chi connectivity index (χ1n) is 3.89. The predicted molar refractivity (Wildman–Crippen MR) is 53.5 cm³/mol. The lowest BCUT2D eigenvalue weighted by atomic mass is 10.4. The zero-order valence-corrected chi connectivity index (χ0v) is 9.74. The van der Waals surface area contributed by atoms with E-state index < -0.39 is 15.7 Å². The third-order valence-corrected chi connectivity index (χ3v) is 4.55. The monoisotopic (exact) mass is 236 g/mol. The molecule has 0 aliphatic carbocycles. The molecule has 1 aromatic heterocycles. The average molecular weight is 236 g/mol. The van der Waals surface area contributed by atoms with Gasteiger partial charge in [0, 0.05) is 0 Å². The number of nitrogens with one attached hydrogen (secondary N) is 1. The molecule has 0 aromatic carbocycles. The second-order valence-electron chi connectivity index (χ2n) is 3.39. The molecule has 80 valence electrons. The van der Waals surface area contributed by atoms with Crippen LogP contribution in [0.25, 0.3) is 0 Å². The number of aliphatic hydroxyl groups is 1. The molecule has 0 saturated carbocycles. The standard InChI is InChI=1S/C7H12N2O3S2/c1-5-6(13-4-8-5)14(11,12)9-7(2,3)10/h4,9-10H,1-3H3. The van der Waals surface area contributed by atoms with Gasteiger partial charge in [-0.1, -0.05) is 0 Å². The average Bonchev–Trinajstić information content (AvgIpc) is 2.29. The minimum absolute atomic E-state index is 0.139. The number of hydrogen-bond donors (Lipinski definition) is 2. The Balaban J connectivity index is 3.05. The molecule has 0 radical (unpaired) electrons. The molecule has 7 heteroatoms. The molecule has 1 aromatic rings. The van der Waals surface area contributed by atoms with Gasteiger partial charge in [-0.05, 0) is 20.8 Å². The van der Waals surface area contributed by atoms with E-state index in [1.54, 1.807) is 6.92 Å². The fraction of sp³-hybridized carbons (Fsp3) is 0.571. The third kappa shape index (κ3) is 2.74. The quantitative estimate of drug-likeness (QED) is 0.747. The summed E-state index contributed by atoms with van der Waals surface area (Å²) < 4.78 is 25.5. The first kappa shape index (κ1) is 11.6. The minimum Gasteiger partial charge on any atom is -0.375 e. The molecule has 1 heterocycles. The fourth-order valence-corrected chi connectivity index (χ4v) is 3.41. The van der Waals surface area contributed by atoms with Crippen LogP contribution in [0.3, 0.4) is 0 Å². The summed E-state index contributed by atoms with van der Waals surface area (Å²) in [6.07, 6.45) is 0. The van der Waals surface area contributed by atoms with Crippen molar-refractivity contribution in [3.63, 3.8) is 0 Å². The van der Waals surface area contributed by atoms with E-state index in [9.17, 15) is 13.5 Å². The number of nitrogens with zero attached hydrogens (tertiary/aromatic N) is 1. The van der Waals surface area contributed by atoms with Crippen LogP contribution in [0, 0.1) is 6.92 Å². The van der Waals surface area contributed by atoms with Crippen molar-refractivity contribution >= 4 is 21.4 Å². The van der Waals surface area contributed by atoms with Crippen LogP contribution in [-0.2, 0) is 10.0 Å². The summed E-state index contributed by atoms with van der Waals surface area (Å²) in [5.41, 5.74) is 0.426. The van der Waals surface area contributed by atoms with E-state index in [1.165, 1.54) is 19.4 Å². The van der Waals surface area contributed by atoms with E-state index >= 15 is 0 Å². The van der Waals surface area contributed by atoms with Crippen molar-refractivity contribution in [1.29, 1.82) is 0 Å². The molecule has 0 unspecified atom stereocenters. The normalized spacial score (nSPS) is 13.1. The fourth-order valence-electron chi connectivity index (χ4n) is 0.924. The molecule has 0 bridgehead atoms. The Labute approximate surface area is 86.9 Å². The van der Waals surface area contributed by atoms with Gasteiger partial charge in [-0.2, -0.15) is 4.72 Å². The Hall–Kier alpha value is -0.500. The summed E-state index contributed by atoms with van der Waals surface area (Å²) >= 11 is 1.02. The summed E-state index contributed by atoms with van der Waals surface area (Å²) in [6.45, 7) is 4.33. The van der Waals surface area contributed by atoms with Crippen molar-refractivity contribution in [1.82, 2.24) is 9.71 Å². The molecule has 5 nitrogen and oxygen atoms in total. The van der Waals surface area contributed by atoms with Crippen LogP contribution >= 0.6 is 11.3 Å². The molecule has 0 amide bonds. The molecule has 2 N–H and O–H groups in total. The maximum atomic E-state index is 11.6. The van der Waals surface area contributed by atoms with E-state index in [-0.39, 0.29) is 4.21 Å². The molecule has 0 spiro atoms. The third-order valence-electron chi connectivity index (χ3n) is 1.33. The van der Waals surface area contributed by atoms with Crippen molar-refractivity contribution < 1.29 is 13.5 Å². The van der Waals surface area contributed by atoms with Crippen LogP contribution < -0.4 is 4.72 Å². The summed E-state index contributed by atoms with van der Waals surface area (Å²) in [4.78, 5) is 3.83. The Morgan fingerprint density at radius 2 is 2.14 bits per heavy atom. The van der Waals surface area contributed by atoms with Gasteiger partial charge in [0.05, 0.1) is 11.2 Å². The second kappa shape index (κ2) is 3.58. The van der Waals surface area contributed by atoms with Gasteiger partial charge in [-0.25, -0.2) is 13.4 Å². The molecule has 0 atom stereocenters. The van der Waals surface area contributed by atoms with Gasteiger partial charge in [0.15, 0.2) is 4.21 Å². The molecule has 0 fully saturated rings. The lowest BCUT2D eigenvalue weighted by Gasteiger charge is -2.18. The maximum Gasteiger partial charge on any atom is 0.254 e. The van der Waals surface area contributed by atoms with E-state index in [2.05, 4.69) is 9.71 Å². The summed E-state index contributed by atoms with van der Waals surface area (Å²) in [5, 5.41) is 9.34. The number of sulfonamides is 1. The number of aryl methyl sites for hydroxylation is 1. The van der Waals surface area contributed by atoms with Gasteiger partial charge in [0.2, 0.25) is 0 Å². The van der Waals surface area contributed by atoms with E-state index in [0.717, 1.165) is 11.3 Å². The van der Waals surface area contributed by atoms with Crippen LogP contribution in [0.4, 0.5) is 0 Å². The lowest BCUT2D eigenvalue weighted by Crippen LogP contribution is -2.42. The van der Waals surface area contributed by atoms with Crippen LogP contribution in [0.15, 0.2) is 9.72 Å². The van der Waals surface area contributed by atoms with Crippen LogP contribution in [0.1, 0.15) is 19.5 Å². The summed E-state index contributed by atoms with van der Waals surface area (Å²) in [5.74, 6) is 0. The highest BCUT2D eigenvalue weighted by Crippen LogP contribution is 2.19. The first-order chi connectivity index (χ1) is 6.22. The molecule has 0 aliphatic heterocycles. The Bertz CT molecular complexity index is 416. The van der Waals surface area contributed by atoms with Gasteiger partial charge in [0.1, 0.15) is 5.72 Å². The van der Waals surface area contributed by atoms with Crippen molar-refractivity contribution in [2.75, 3.05) is 0 Å². The van der Waals surface area contributed by atoms with Crippen molar-refractivity contribution in [3.05, 3.63) is 11.2 Å². The molecular formula is C7H12N2O3S2. The summed E-state index contributed by atoms with van der Waals surface area (Å²) in [7, 11) is -3.65. The Kier molecular flexibility index (Phi) is 2.96. The lowest BCUT2D eigenvalue weighted by molar-refractivity contribution is 0.0690. The SMILES string of the molecule is Cc1ncsc1S(=O)(=O)NC(C)(C)O. The Morgan fingerprint density at radius 1 is 1.57 bits per heavy atom. The molecule has 1 rings (SSSR count). The Morgan fingerprint density at radius 3 is 2.50 bits per heavy atom. The van der Waals surface area contributed by atoms with Crippen molar-refractivity contribution in [2.45, 2.75) is 30.7 Å². The van der Waals surface area contributed by atoms with E-state index in [0.29, 0.717) is 5.69 Å². The van der Waals surface area contributed by atoms with Crippen molar-refractivity contribution in [3.8, 4) is 0 Å². The largest absolute Gasteiger partial charge is 0.375 e. The highest BCUT2D eigenvalue weighted by molar-refractivity contribution is 7.91. The molecule has 0 saturated heterocycles. The second-order valence-corrected chi connectivity index (χ2v) is 6.12. The maximum absolute atomic E-state index is 11.6. The number of thiazole rings is 1.